The molecule has 0 aromatic rings. The minimum Gasteiger partial charge on any atom is -0.343 e. The Hall–Kier alpha value is -0.570. The summed E-state index contributed by atoms with van der Waals surface area (Å²) in [5, 5.41) is 0. The van der Waals surface area contributed by atoms with Gasteiger partial charge >= 0.3 is 0 Å². The molecule has 102 valence electrons. The zero-order valence-corrected chi connectivity index (χ0v) is 12.5. The maximum Gasteiger partial charge on any atom is 0.219 e. The smallest absolute Gasteiger partial charge is 0.219 e. The summed E-state index contributed by atoms with van der Waals surface area (Å²) >= 11 is 0. The van der Waals surface area contributed by atoms with Crippen LogP contribution in [0.2, 0.25) is 0 Å². The van der Waals surface area contributed by atoms with Gasteiger partial charge in [-0.2, -0.15) is 0 Å². The monoisotopic (exact) mass is 242 g/mol. The Morgan fingerprint density at radius 3 is 2.12 bits per heavy atom. The fourth-order valence-corrected chi connectivity index (χ4v) is 2.26. The first-order chi connectivity index (χ1) is 8.00. The number of carbonyl (C=O) groups is 1. The van der Waals surface area contributed by atoms with Gasteiger partial charge in [-0.25, -0.2) is 0 Å². The van der Waals surface area contributed by atoms with E-state index in [1.165, 1.54) is 6.54 Å². The SMILES string of the molecule is CC.CC(=O)N(C)C1CCN(CC(C)C)CC1. The van der Waals surface area contributed by atoms with Crippen molar-refractivity contribution in [1.29, 1.82) is 0 Å². The van der Waals surface area contributed by atoms with Crippen molar-refractivity contribution >= 4 is 5.91 Å². The van der Waals surface area contributed by atoms with Gasteiger partial charge in [0.05, 0.1) is 0 Å². The summed E-state index contributed by atoms with van der Waals surface area (Å²) in [6, 6.07) is 0.464. The van der Waals surface area contributed by atoms with Crippen molar-refractivity contribution in [3.8, 4) is 0 Å². The summed E-state index contributed by atoms with van der Waals surface area (Å²) in [6.45, 7) is 13.6. The van der Waals surface area contributed by atoms with Gasteiger partial charge in [-0.1, -0.05) is 27.7 Å². The van der Waals surface area contributed by atoms with Gasteiger partial charge in [-0.05, 0) is 18.8 Å². The normalized spacial score (nSPS) is 17.6. The van der Waals surface area contributed by atoms with Gasteiger partial charge in [-0.3, -0.25) is 4.79 Å². The van der Waals surface area contributed by atoms with Crippen LogP contribution < -0.4 is 0 Å². The van der Waals surface area contributed by atoms with E-state index in [1.807, 2.05) is 25.8 Å². The summed E-state index contributed by atoms with van der Waals surface area (Å²) < 4.78 is 0. The van der Waals surface area contributed by atoms with Crippen molar-refractivity contribution in [3.05, 3.63) is 0 Å². The van der Waals surface area contributed by atoms with Gasteiger partial charge in [0.15, 0.2) is 0 Å². The van der Waals surface area contributed by atoms with Crippen molar-refractivity contribution in [3.63, 3.8) is 0 Å². The van der Waals surface area contributed by atoms with Gasteiger partial charge in [0.1, 0.15) is 0 Å². The molecule has 0 N–H and O–H groups in total. The molecule has 1 fully saturated rings. The maximum absolute atomic E-state index is 11.2. The Morgan fingerprint density at radius 2 is 1.76 bits per heavy atom. The molecule has 1 saturated heterocycles. The third-order valence-corrected chi connectivity index (χ3v) is 3.22. The average molecular weight is 242 g/mol. The Kier molecular flexibility index (Phi) is 8.23. The van der Waals surface area contributed by atoms with E-state index in [0.29, 0.717) is 6.04 Å². The van der Waals surface area contributed by atoms with Crippen LogP contribution in [-0.4, -0.2) is 48.4 Å². The number of hydrogen-bond donors (Lipinski definition) is 0. The number of carbonyl (C=O) groups excluding carboxylic acids is 1. The number of piperidine rings is 1. The molecule has 0 atom stereocenters. The van der Waals surface area contributed by atoms with Crippen LogP contribution >= 0.6 is 0 Å². The van der Waals surface area contributed by atoms with E-state index in [4.69, 9.17) is 0 Å². The second kappa shape index (κ2) is 8.51. The highest BCUT2D eigenvalue weighted by Crippen LogP contribution is 2.16. The van der Waals surface area contributed by atoms with Crippen LogP contribution in [0.3, 0.4) is 0 Å². The molecule has 0 aromatic heterocycles. The molecule has 17 heavy (non-hydrogen) atoms. The lowest BCUT2D eigenvalue weighted by atomic mass is 10.0. The van der Waals surface area contributed by atoms with Gasteiger partial charge in [0, 0.05) is 39.6 Å². The highest BCUT2D eigenvalue weighted by molar-refractivity contribution is 5.73. The van der Waals surface area contributed by atoms with Crippen LogP contribution in [0.4, 0.5) is 0 Å². The molecule has 1 rings (SSSR count). The average Bonchev–Trinajstić information content (AvgIpc) is 2.31. The third-order valence-electron chi connectivity index (χ3n) is 3.22. The highest BCUT2D eigenvalue weighted by Gasteiger charge is 2.23. The van der Waals surface area contributed by atoms with Crippen LogP contribution in [0.25, 0.3) is 0 Å². The van der Waals surface area contributed by atoms with E-state index in [1.54, 1.807) is 6.92 Å². The van der Waals surface area contributed by atoms with E-state index in [9.17, 15) is 4.79 Å². The van der Waals surface area contributed by atoms with Crippen LogP contribution in [0, 0.1) is 5.92 Å². The fourth-order valence-electron chi connectivity index (χ4n) is 2.26. The molecule has 0 radical (unpaired) electrons. The summed E-state index contributed by atoms with van der Waals surface area (Å²) in [5.41, 5.74) is 0. The second-order valence-corrected chi connectivity index (χ2v) is 5.06. The van der Waals surface area contributed by atoms with Gasteiger partial charge in [0.25, 0.3) is 0 Å². The Balaban J connectivity index is 0.00000121. The lowest BCUT2D eigenvalue weighted by Crippen LogP contribution is -2.45. The zero-order valence-electron chi connectivity index (χ0n) is 12.5. The molecule has 0 saturated carbocycles. The molecule has 1 heterocycles. The predicted molar refractivity (Wildman–Crippen MR) is 74.1 cm³/mol. The van der Waals surface area contributed by atoms with Crippen LogP contribution in [0.1, 0.15) is 47.5 Å². The highest BCUT2D eigenvalue weighted by atomic mass is 16.2. The standard InChI is InChI=1S/C12H24N2O.C2H6/c1-10(2)9-14-7-5-12(6-8-14)13(4)11(3)15;1-2/h10,12H,5-9H2,1-4H3;1-2H3. The third kappa shape index (κ3) is 6.06. The molecule has 1 aliphatic heterocycles. The number of nitrogens with zero attached hydrogens (tertiary/aromatic N) is 2. The summed E-state index contributed by atoms with van der Waals surface area (Å²) in [7, 11) is 1.92. The molecule has 0 spiro atoms. The molecular formula is C14H30N2O. The number of amides is 1. The Bertz CT molecular complexity index is 208. The van der Waals surface area contributed by atoms with Crippen molar-refractivity contribution in [1.82, 2.24) is 9.80 Å². The zero-order chi connectivity index (χ0) is 13.4. The van der Waals surface area contributed by atoms with Crippen molar-refractivity contribution in [2.24, 2.45) is 5.92 Å². The summed E-state index contributed by atoms with van der Waals surface area (Å²) in [6.07, 6.45) is 2.26. The first-order valence-electron chi connectivity index (χ1n) is 6.96. The van der Waals surface area contributed by atoms with Gasteiger partial charge < -0.3 is 9.80 Å². The van der Waals surface area contributed by atoms with Gasteiger partial charge in [-0.15, -0.1) is 0 Å². The summed E-state index contributed by atoms with van der Waals surface area (Å²) in [4.78, 5) is 15.6. The van der Waals surface area contributed by atoms with Crippen molar-refractivity contribution < 1.29 is 4.79 Å². The molecule has 0 unspecified atom stereocenters. The number of hydrogen-bond acceptors (Lipinski definition) is 2. The molecule has 1 aliphatic rings. The molecule has 0 bridgehead atoms. The maximum atomic E-state index is 11.2. The first-order valence-corrected chi connectivity index (χ1v) is 6.96. The quantitative estimate of drug-likeness (QED) is 0.759. The van der Waals surface area contributed by atoms with Crippen molar-refractivity contribution in [2.45, 2.75) is 53.5 Å². The first kappa shape index (κ1) is 16.4. The van der Waals surface area contributed by atoms with E-state index < -0.39 is 0 Å². The molecule has 3 heteroatoms. The second-order valence-electron chi connectivity index (χ2n) is 5.06. The van der Waals surface area contributed by atoms with Gasteiger partial charge in [0.2, 0.25) is 5.91 Å². The lowest BCUT2D eigenvalue weighted by Gasteiger charge is -2.37. The van der Waals surface area contributed by atoms with E-state index in [0.717, 1.165) is 31.8 Å². The molecule has 0 aliphatic carbocycles. The number of likely N-dealkylation sites (tertiary alicyclic amines) is 1. The number of rotatable bonds is 3. The minimum atomic E-state index is 0.192. The topological polar surface area (TPSA) is 23.6 Å². The summed E-state index contributed by atoms with van der Waals surface area (Å²) in [5.74, 6) is 0.935. The van der Waals surface area contributed by atoms with Crippen molar-refractivity contribution in [2.75, 3.05) is 26.7 Å². The van der Waals surface area contributed by atoms with E-state index in [2.05, 4.69) is 18.7 Å². The minimum absolute atomic E-state index is 0.192. The van der Waals surface area contributed by atoms with E-state index in [-0.39, 0.29) is 5.91 Å². The molecule has 3 nitrogen and oxygen atoms in total. The fraction of sp³-hybridized carbons (Fsp3) is 0.929. The predicted octanol–water partition coefficient (Wildman–Crippen LogP) is 2.61. The van der Waals surface area contributed by atoms with Crippen LogP contribution in [-0.2, 0) is 4.79 Å². The van der Waals surface area contributed by atoms with E-state index >= 15 is 0 Å². The van der Waals surface area contributed by atoms with Crippen LogP contribution in [0.5, 0.6) is 0 Å². The molecule has 1 amide bonds. The molecular weight excluding hydrogens is 212 g/mol. The lowest BCUT2D eigenvalue weighted by molar-refractivity contribution is -0.130. The Labute approximate surface area is 107 Å². The molecule has 0 aromatic carbocycles. The largest absolute Gasteiger partial charge is 0.343 e. The van der Waals surface area contributed by atoms with Crippen LogP contribution in [0.15, 0.2) is 0 Å². The Morgan fingerprint density at radius 1 is 1.29 bits per heavy atom.